The lowest BCUT2D eigenvalue weighted by molar-refractivity contribution is -0.118. The summed E-state index contributed by atoms with van der Waals surface area (Å²) in [5.41, 5.74) is 5.72. The largest absolute Gasteiger partial charge is 0.388 e. The van der Waals surface area contributed by atoms with Crippen LogP contribution in [0.3, 0.4) is 0 Å². The van der Waals surface area contributed by atoms with E-state index in [9.17, 15) is 5.11 Å². The fourth-order valence-corrected chi connectivity index (χ4v) is 4.25. The van der Waals surface area contributed by atoms with Crippen molar-refractivity contribution < 1.29 is 5.11 Å². The van der Waals surface area contributed by atoms with Gasteiger partial charge in [-0.25, -0.2) is 0 Å². The molecule has 2 fully saturated rings. The molecule has 1 aliphatic heterocycles. The van der Waals surface area contributed by atoms with E-state index in [1.807, 2.05) is 0 Å². The molecule has 3 heteroatoms. The fraction of sp³-hybridized carbons (Fsp3) is 1.00. The molecule has 0 amide bonds. The molecule has 17 heavy (non-hydrogen) atoms. The van der Waals surface area contributed by atoms with Gasteiger partial charge in [-0.1, -0.05) is 20.8 Å². The van der Waals surface area contributed by atoms with Crippen molar-refractivity contribution in [3.05, 3.63) is 0 Å². The quantitative estimate of drug-likeness (QED) is 0.653. The molecule has 1 saturated carbocycles. The first-order chi connectivity index (χ1) is 7.77. The lowest BCUT2D eigenvalue weighted by atomic mass is 9.58. The van der Waals surface area contributed by atoms with Gasteiger partial charge >= 0.3 is 0 Å². The van der Waals surface area contributed by atoms with Gasteiger partial charge in [0.25, 0.3) is 0 Å². The minimum atomic E-state index is -0.670. The van der Waals surface area contributed by atoms with E-state index in [4.69, 9.17) is 5.73 Å². The standard InChI is InChI=1S/C14H28N2O/c1-11-8-12(2,3)10-14(17,9-11)13(15)4-6-16-7-5-13/h11,16-17H,4-10,15H2,1-3H3. The maximum absolute atomic E-state index is 11.1. The van der Waals surface area contributed by atoms with Crippen LogP contribution in [0.2, 0.25) is 0 Å². The third-order valence-corrected chi connectivity index (χ3v) is 4.78. The Labute approximate surface area is 105 Å². The second-order valence-corrected chi connectivity index (χ2v) is 7.29. The van der Waals surface area contributed by atoms with Crippen molar-refractivity contribution in [3.8, 4) is 0 Å². The molecule has 0 spiro atoms. The molecule has 1 saturated heterocycles. The molecular formula is C14H28N2O. The molecule has 0 aromatic heterocycles. The van der Waals surface area contributed by atoms with Gasteiger partial charge in [-0.15, -0.1) is 0 Å². The summed E-state index contributed by atoms with van der Waals surface area (Å²) in [5.74, 6) is 0.569. The van der Waals surface area contributed by atoms with E-state index in [2.05, 4.69) is 26.1 Å². The summed E-state index contributed by atoms with van der Waals surface area (Å²) in [5, 5.41) is 14.4. The Morgan fingerprint density at radius 1 is 1.18 bits per heavy atom. The summed E-state index contributed by atoms with van der Waals surface area (Å²) in [7, 11) is 0. The maximum Gasteiger partial charge on any atom is 0.0834 e. The summed E-state index contributed by atoms with van der Waals surface area (Å²) in [6, 6.07) is 0. The molecule has 0 aromatic rings. The van der Waals surface area contributed by atoms with Crippen LogP contribution in [0.4, 0.5) is 0 Å². The Morgan fingerprint density at radius 3 is 2.29 bits per heavy atom. The summed E-state index contributed by atoms with van der Waals surface area (Å²) >= 11 is 0. The van der Waals surface area contributed by atoms with Crippen molar-refractivity contribution in [1.82, 2.24) is 5.32 Å². The van der Waals surface area contributed by atoms with Crippen molar-refractivity contribution in [2.45, 2.75) is 64.0 Å². The van der Waals surface area contributed by atoms with E-state index in [0.29, 0.717) is 5.92 Å². The Kier molecular flexibility index (Phi) is 3.30. The highest BCUT2D eigenvalue weighted by Crippen LogP contribution is 2.49. The Hall–Kier alpha value is -0.120. The highest BCUT2D eigenvalue weighted by atomic mass is 16.3. The molecule has 2 rings (SSSR count). The van der Waals surface area contributed by atoms with E-state index < -0.39 is 5.60 Å². The van der Waals surface area contributed by atoms with E-state index in [1.165, 1.54) is 6.42 Å². The average Bonchev–Trinajstić information content (AvgIpc) is 2.14. The van der Waals surface area contributed by atoms with Gasteiger partial charge in [0.1, 0.15) is 0 Å². The second-order valence-electron chi connectivity index (χ2n) is 7.29. The van der Waals surface area contributed by atoms with Gasteiger partial charge in [0, 0.05) is 5.54 Å². The topological polar surface area (TPSA) is 58.3 Å². The lowest BCUT2D eigenvalue weighted by Gasteiger charge is -2.54. The van der Waals surface area contributed by atoms with Gasteiger partial charge in [0.15, 0.2) is 0 Å². The zero-order valence-corrected chi connectivity index (χ0v) is 11.6. The minimum Gasteiger partial charge on any atom is -0.388 e. The first-order valence-electron chi connectivity index (χ1n) is 6.98. The molecule has 1 heterocycles. The number of nitrogens with one attached hydrogen (secondary N) is 1. The van der Waals surface area contributed by atoms with Crippen molar-refractivity contribution in [1.29, 1.82) is 0 Å². The van der Waals surface area contributed by atoms with Gasteiger partial charge in [0.05, 0.1) is 5.60 Å². The molecule has 0 aromatic carbocycles. The SMILES string of the molecule is CC1CC(C)(C)CC(O)(C2(N)CCNCC2)C1. The molecule has 0 radical (unpaired) electrons. The smallest absolute Gasteiger partial charge is 0.0834 e. The maximum atomic E-state index is 11.1. The fourth-order valence-electron chi connectivity index (χ4n) is 4.25. The number of piperidine rings is 1. The summed E-state index contributed by atoms with van der Waals surface area (Å²) in [6.45, 7) is 8.65. The summed E-state index contributed by atoms with van der Waals surface area (Å²) in [4.78, 5) is 0. The predicted octanol–water partition coefficient (Wildman–Crippen LogP) is 1.64. The Balaban J connectivity index is 2.21. The van der Waals surface area contributed by atoms with Crippen LogP contribution in [-0.2, 0) is 0 Å². The number of rotatable bonds is 1. The van der Waals surface area contributed by atoms with E-state index in [-0.39, 0.29) is 11.0 Å². The predicted molar refractivity (Wildman–Crippen MR) is 70.8 cm³/mol. The molecule has 100 valence electrons. The van der Waals surface area contributed by atoms with Gasteiger partial charge < -0.3 is 16.2 Å². The Bertz CT molecular complexity index is 284. The molecular weight excluding hydrogens is 212 g/mol. The minimum absolute atomic E-state index is 0.212. The molecule has 2 atom stereocenters. The van der Waals surface area contributed by atoms with Crippen LogP contribution in [0.15, 0.2) is 0 Å². The average molecular weight is 240 g/mol. The third-order valence-electron chi connectivity index (χ3n) is 4.78. The monoisotopic (exact) mass is 240 g/mol. The second kappa shape index (κ2) is 4.22. The van der Waals surface area contributed by atoms with Crippen molar-refractivity contribution in [3.63, 3.8) is 0 Å². The highest BCUT2D eigenvalue weighted by Gasteiger charge is 2.53. The van der Waals surface area contributed by atoms with E-state index in [0.717, 1.165) is 38.8 Å². The van der Waals surface area contributed by atoms with Gasteiger partial charge in [-0.3, -0.25) is 0 Å². The molecule has 2 unspecified atom stereocenters. The van der Waals surface area contributed by atoms with Gasteiger partial charge in [0.2, 0.25) is 0 Å². The van der Waals surface area contributed by atoms with Crippen LogP contribution < -0.4 is 11.1 Å². The van der Waals surface area contributed by atoms with E-state index in [1.54, 1.807) is 0 Å². The highest BCUT2D eigenvalue weighted by molar-refractivity contribution is 5.10. The van der Waals surface area contributed by atoms with Crippen LogP contribution in [0, 0.1) is 11.3 Å². The lowest BCUT2D eigenvalue weighted by Crippen LogP contribution is -2.67. The van der Waals surface area contributed by atoms with Crippen molar-refractivity contribution in [2.75, 3.05) is 13.1 Å². The number of nitrogens with two attached hydrogens (primary N) is 1. The van der Waals surface area contributed by atoms with Crippen LogP contribution in [-0.4, -0.2) is 29.3 Å². The van der Waals surface area contributed by atoms with Crippen molar-refractivity contribution in [2.24, 2.45) is 17.1 Å². The molecule has 2 aliphatic rings. The van der Waals surface area contributed by atoms with Crippen LogP contribution in [0.5, 0.6) is 0 Å². The summed E-state index contributed by atoms with van der Waals surface area (Å²) < 4.78 is 0. The number of aliphatic hydroxyl groups is 1. The molecule has 3 nitrogen and oxygen atoms in total. The third kappa shape index (κ3) is 2.51. The van der Waals surface area contributed by atoms with Crippen molar-refractivity contribution >= 4 is 0 Å². The number of hydrogen-bond acceptors (Lipinski definition) is 3. The molecule has 4 N–H and O–H groups in total. The zero-order valence-electron chi connectivity index (χ0n) is 11.6. The molecule has 0 bridgehead atoms. The van der Waals surface area contributed by atoms with Gasteiger partial charge in [-0.05, 0) is 56.5 Å². The first-order valence-corrected chi connectivity index (χ1v) is 6.98. The number of hydrogen-bond donors (Lipinski definition) is 3. The van der Waals surface area contributed by atoms with Gasteiger partial charge in [-0.2, -0.15) is 0 Å². The molecule has 1 aliphatic carbocycles. The van der Waals surface area contributed by atoms with Crippen LogP contribution in [0.1, 0.15) is 52.9 Å². The van der Waals surface area contributed by atoms with E-state index >= 15 is 0 Å². The zero-order chi connectivity index (χ0) is 12.7. The Morgan fingerprint density at radius 2 is 1.76 bits per heavy atom. The van der Waals surface area contributed by atoms with Crippen LogP contribution in [0.25, 0.3) is 0 Å². The summed E-state index contributed by atoms with van der Waals surface area (Å²) in [6.07, 6.45) is 4.70. The first kappa shape index (κ1) is 13.3. The van der Waals surface area contributed by atoms with Crippen LogP contribution >= 0.6 is 0 Å². The normalized spacial score (nSPS) is 41.1.